The summed E-state index contributed by atoms with van der Waals surface area (Å²) >= 11 is 0. The van der Waals surface area contributed by atoms with Gasteiger partial charge in [-0.05, 0) is 36.6 Å². The van der Waals surface area contributed by atoms with E-state index in [-0.39, 0.29) is 11.6 Å². The van der Waals surface area contributed by atoms with Gasteiger partial charge in [0.15, 0.2) is 11.3 Å². The third kappa shape index (κ3) is 2.60. The number of aromatic nitrogens is 3. The summed E-state index contributed by atoms with van der Waals surface area (Å²) in [6.07, 6.45) is 0. The van der Waals surface area contributed by atoms with E-state index in [1.165, 1.54) is 0 Å². The molecule has 1 N–H and O–H groups in total. The van der Waals surface area contributed by atoms with Crippen LogP contribution in [-0.2, 0) is 0 Å². The zero-order valence-corrected chi connectivity index (χ0v) is 14.1. The quantitative estimate of drug-likeness (QED) is 0.794. The Morgan fingerprint density at radius 3 is 2.67 bits per heavy atom. The minimum Gasteiger partial charge on any atom is -0.497 e. The van der Waals surface area contributed by atoms with Crippen LogP contribution in [0.15, 0.2) is 30.3 Å². The van der Waals surface area contributed by atoms with Gasteiger partial charge in [-0.1, -0.05) is 26.0 Å². The first kappa shape index (κ1) is 16.0. The van der Waals surface area contributed by atoms with Crippen molar-refractivity contribution >= 4 is 11.6 Å². The molecule has 0 aliphatic heterocycles. The molecule has 0 saturated carbocycles. The van der Waals surface area contributed by atoms with Crippen LogP contribution in [0, 0.1) is 6.92 Å². The molecule has 0 aliphatic carbocycles. The Kier molecular flexibility index (Phi) is 3.97. The molecule has 0 atom stereocenters. The van der Waals surface area contributed by atoms with Crippen molar-refractivity contribution < 1.29 is 14.6 Å². The van der Waals surface area contributed by atoms with Gasteiger partial charge in [0.05, 0.1) is 12.8 Å². The van der Waals surface area contributed by atoms with Crippen molar-refractivity contribution in [2.24, 2.45) is 0 Å². The summed E-state index contributed by atoms with van der Waals surface area (Å²) in [5.41, 5.74) is 3.89. The van der Waals surface area contributed by atoms with Gasteiger partial charge in [-0.25, -0.2) is 14.3 Å². The van der Waals surface area contributed by atoms with Crippen molar-refractivity contribution in [1.82, 2.24) is 14.6 Å². The highest BCUT2D eigenvalue weighted by Crippen LogP contribution is 2.31. The van der Waals surface area contributed by atoms with Gasteiger partial charge in [0, 0.05) is 11.3 Å². The summed E-state index contributed by atoms with van der Waals surface area (Å²) in [4.78, 5) is 15.8. The highest BCUT2D eigenvalue weighted by atomic mass is 16.5. The van der Waals surface area contributed by atoms with E-state index in [0.717, 1.165) is 28.3 Å². The number of hydrogen-bond donors (Lipinski definition) is 1. The predicted octanol–water partition coefficient (Wildman–Crippen LogP) is 3.53. The SMILES string of the molecule is COc1cccc(-c2c(C)nn3c(C(C)C)cc(C(=O)O)nc23)c1. The first-order chi connectivity index (χ1) is 11.4. The van der Waals surface area contributed by atoms with E-state index >= 15 is 0 Å². The van der Waals surface area contributed by atoms with E-state index in [9.17, 15) is 9.90 Å². The molecule has 124 valence electrons. The van der Waals surface area contributed by atoms with Crippen LogP contribution in [0.2, 0.25) is 0 Å². The number of carbonyl (C=O) groups is 1. The Morgan fingerprint density at radius 2 is 2.04 bits per heavy atom. The molecular formula is C18H19N3O3. The zero-order chi connectivity index (χ0) is 17.4. The first-order valence-corrected chi connectivity index (χ1v) is 7.70. The minimum absolute atomic E-state index is 0.0234. The Bertz CT molecular complexity index is 929. The standard InChI is InChI=1S/C18H19N3O3/c1-10(2)15-9-14(18(22)23)19-17-16(11(3)20-21(15)17)12-6-5-7-13(8-12)24-4/h5-10H,1-4H3,(H,22,23). The third-order valence-electron chi connectivity index (χ3n) is 3.96. The largest absolute Gasteiger partial charge is 0.497 e. The van der Waals surface area contributed by atoms with Crippen molar-refractivity contribution in [2.75, 3.05) is 7.11 Å². The molecule has 2 heterocycles. The number of methoxy groups -OCH3 is 1. The minimum atomic E-state index is -1.05. The second-order valence-corrected chi connectivity index (χ2v) is 5.95. The molecular weight excluding hydrogens is 306 g/mol. The molecule has 2 aromatic heterocycles. The van der Waals surface area contributed by atoms with Crippen molar-refractivity contribution in [3.05, 3.63) is 47.4 Å². The number of carboxylic acids is 1. The number of carboxylic acid groups (broad SMARTS) is 1. The van der Waals surface area contributed by atoms with Gasteiger partial charge in [-0.3, -0.25) is 0 Å². The van der Waals surface area contributed by atoms with E-state index < -0.39 is 5.97 Å². The van der Waals surface area contributed by atoms with Crippen molar-refractivity contribution in [1.29, 1.82) is 0 Å². The Morgan fingerprint density at radius 1 is 1.29 bits per heavy atom. The fourth-order valence-electron chi connectivity index (χ4n) is 2.78. The van der Waals surface area contributed by atoms with Gasteiger partial charge in [-0.2, -0.15) is 5.10 Å². The highest BCUT2D eigenvalue weighted by molar-refractivity contribution is 5.88. The van der Waals surface area contributed by atoms with Gasteiger partial charge < -0.3 is 9.84 Å². The maximum absolute atomic E-state index is 11.5. The molecule has 0 unspecified atom stereocenters. The number of nitrogens with zero attached hydrogens (tertiary/aromatic N) is 3. The summed E-state index contributed by atoms with van der Waals surface area (Å²) in [6, 6.07) is 9.17. The van der Waals surface area contributed by atoms with E-state index in [2.05, 4.69) is 10.1 Å². The molecule has 1 aromatic carbocycles. The Balaban J connectivity index is 2.36. The van der Waals surface area contributed by atoms with Crippen LogP contribution in [0.5, 0.6) is 5.75 Å². The molecule has 0 spiro atoms. The van der Waals surface area contributed by atoms with E-state index in [0.29, 0.717) is 5.65 Å². The van der Waals surface area contributed by atoms with Crippen LogP contribution in [0.4, 0.5) is 0 Å². The summed E-state index contributed by atoms with van der Waals surface area (Å²) < 4.78 is 7.02. The van der Waals surface area contributed by atoms with Crippen LogP contribution >= 0.6 is 0 Å². The second kappa shape index (κ2) is 5.96. The Hall–Kier alpha value is -2.89. The van der Waals surface area contributed by atoms with Gasteiger partial charge in [-0.15, -0.1) is 0 Å². The average Bonchev–Trinajstić information content (AvgIpc) is 2.89. The number of ether oxygens (including phenoxy) is 1. The molecule has 0 saturated heterocycles. The zero-order valence-electron chi connectivity index (χ0n) is 14.1. The molecule has 6 heteroatoms. The molecule has 0 amide bonds. The van der Waals surface area contributed by atoms with Gasteiger partial charge in [0.1, 0.15) is 5.75 Å². The van der Waals surface area contributed by atoms with Crippen molar-refractivity contribution in [2.45, 2.75) is 26.7 Å². The van der Waals surface area contributed by atoms with Crippen molar-refractivity contribution in [3.63, 3.8) is 0 Å². The number of rotatable bonds is 4. The smallest absolute Gasteiger partial charge is 0.354 e. The van der Waals surface area contributed by atoms with Crippen LogP contribution in [0.3, 0.4) is 0 Å². The lowest BCUT2D eigenvalue weighted by molar-refractivity contribution is 0.0690. The summed E-state index contributed by atoms with van der Waals surface area (Å²) in [6.45, 7) is 5.90. The Labute approximate surface area is 139 Å². The molecule has 24 heavy (non-hydrogen) atoms. The van der Waals surface area contributed by atoms with Gasteiger partial charge in [0.2, 0.25) is 0 Å². The highest BCUT2D eigenvalue weighted by Gasteiger charge is 2.20. The molecule has 0 radical (unpaired) electrons. The van der Waals surface area contributed by atoms with E-state index in [1.54, 1.807) is 17.7 Å². The van der Waals surface area contributed by atoms with Gasteiger partial charge >= 0.3 is 5.97 Å². The number of benzene rings is 1. The van der Waals surface area contributed by atoms with Crippen LogP contribution in [0.1, 0.15) is 41.6 Å². The molecule has 0 fully saturated rings. The first-order valence-electron chi connectivity index (χ1n) is 7.70. The fraction of sp³-hybridized carbons (Fsp3) is 0.278. The normalized spacial score (nSPS) is 11.2. The lowest BCUT2D eigenvalue weighted by Crippen LogP contribution is -2.09. The van der Waals surface area contributed by atoms with E-state index in [4.69, 9.17) is 4.74 Å². The lowest BCUT2D eigenvalue weighted by atomic mass is 10.1. The molecule has 0 bridgehead atoms. The molecule has 3 rings (SSSR count). The third-order valence-corrected chi connectivity index (χ3v) is 3.96. The number of hydrogen-bond acceptors (Lipinski definition) is 4. The molecule has 3 aromatic rings. The predicted molar refractivity (Wildman–Crippen MR) is 90.8 cm³/mol. The van der Waals surface area contributed by atoms with E-state index in [1.807, 2.05) is 45.0 Å². The summed E-state index contributed by atoms with van der Waals surface area (Å²) in [7, 11) is 1.61. The van der Waals surface area contributed by atoms with Crippen LogP contribution in [-0.4, -0.2) is 32.8 Å². The summed E-state index contributed by atoms with van der Waals surface area (Å²) in [5.74, 6) is -0.203. The number of fused-ring (bicyclic) bond motifs is 1. The summed E-state index contributed by atoms with van der Waals surface area (Å²) in [5, 5.41) is 14.0. The molecule has 0 aliphatic rings. The maximum Gasteiger partial charge on any atom is 0.354 e. The number of aromatic carboxylic acids is 1. The topological polar surface area (TPSA) is 76.7 Å². The fourth-order valence-corrected chi connectivity index (χ4v) is 2.78. The van der Waals surface area contributed by atoms with Gasteiger partial charge in [0.25, 0.3) is 0 Å². The average molecular weight is 325 g/mol. The number of aryl methyl sites for hydroxylation is 1. The lowest BCUT2D eigenvalue weighted by Gasteiger charge is -2.10. The maximum atomic E-state index is 11.5. The monoisotopic (exact) mass is 325 g/mol. The van der Waals surface area contributed by atoms with Crippen LogP contribution in [0.25, 0.3) is 16.8 Å². The molecule has 6 nitrogen and oxygen atoms in total. The second-order valence-electron chi connectivity index (χ2n) is 5.95. The van der Waals surface area contributed by atoms with Crippen LogP contribution < -0.4 is 4.74 Å². The van der Waals surface area contributed by atoms with Crippen molar-refractivity contribution in [3.8, 4) is 16.9 Å².